The Morgan fingerprint density at radius 2 is 1.82 bits per heavy atom. The van der Waals surface area contributed by atoms with Crippen molar-refractivity contribution < 1.29 is 4.79 Å². The molecule has 4 heterocycles. The van der Waals surface area contributed by atoms with Crippen LogP contribution in [0.3, 0.4) is 0 Å². The minimum atomic E-state index is -0.354. The lowest BCUT2D eigenvalue weighted by Crippen LogP contribution is -2.33. The van der Waals surface area contributed by atoms with Gasteiger partial charge in [-0.25, -0.2) is 4.98 Å². The minimum absolute atomic E-state index is 0.195. The summed E-state index contributed by atoms with van der Waals surface area (Å²) in [6, 6.07) is 16.4. The summed E-state index contributed by atoms with van der Waals surface area (Å²) in [5, 5.41) is 11.9. The van der Waals surface area contributed by atoms with Crippen molar-refractivity contribution in [3.8, 4) is 0 Å². The summed E-state index contributed by atoms with van der Waals surface area (Å²) in [4.78, 5) is 32.8. The summed E-state index contributed by atoms with van der Waals surface area (Å²) in [5.41, 5.74) is 2.21. The van der Waals surface area contributed by atoms with Crippen LogP contribution in [0.1, 0.15) is 35.4 Å². The molecule has 166 valence electrons. The quantitative estimate of drug-likeness (QED) is 0.419. The van der Waals surface area contributed by atoms with E-state index in [2.05, 4.69) is 20.5 Å². The maximum Gasteiger partial charge on any atom is 0.268 e. The van der Waals surface area contributed by atoms with Gasteiger partial charge in [-0.2, -0.15) is 15.0 Å². The zero-order chi connectivity index (χ0) is 22.8. The molecule has 1 unspecified atom stereocenters. The molecule has 0 radical (unpaired) electrons. The van der Waals surface area contributed by atoms with Crippen molar-refractivity contribution in [3.05, 3.63) is 94.8 Å². The van der Waals surface area contributed by atoms with Crippen molar-refractivity contribution in [2.75, 3.05) is 0 Å². The maximum absolute atomic E-state index is 13.5. The fraction of sp³-hybridized carbons (Fsp3) is 0.208. The summed E-state index contributed by atoms with van der Waals surface area (Å²) in [7, 11) is 0. The van der Waals surface area contributed by atoms with Crippen LogP contribution in [0.25, 0.3) is 16.7 Å². The fourth-order valence-corrected chi connectivity index (χ4v) is 4.04. The highest BCUT2D eigenvalue weighted by molar-refractivity contribution is 5.98. The predicted octanol–water partition coefficient (Wildman–Crippen LogP) is 2.82. The third-order valence-electron chi connectivity index (χ3n) is 5.58. The van der Waals surface area contributed by atoms with Crippen molar-refractivity contribution in [1.82, 2.24) is 34.3 Å². The van der Waals surface area contributed by atoms with E-state index in [-0.39, 0.29) is 17.5 Å². The zero-order valence-corrected chi connectivity index (χ0v) is 18.1. The number of aromatic nitrogens is 6. The molecule has 1 N–H and O–H groups in total. The second-order valence-electron chi connectivity index (χ2n) is 7.78. The molecule has 0 aliphatic rings. The van der Waals surface area contributed by atoms with Crippen LogP contribution >= 0.6 is 0 Å². The Balaban J connectivity index is 1.57. The average molecular weight is 441 g/mol. The molecule has 0 aliphatic carbocycles. The molecule has 0 saturated heterocycles. The van der Waals surface area contributed by atoms with Crippen LogP contribution in [0.4, 0.5) is 0 Å². The first-order valence-electron chi connectivity index (χ1n) is 10.9. The van der Waals surface area contributed by atoms with E-state index in [0.717, 1.165) is 12.0 Å². The second-order valence-corrected chi connectivity index (χ2v) is 7.78. The molecule has 1 atom stereocenters. The highest BCUT2D eigenvalue weighted by Crippen LogP contribution is 2.20. The molecule has 0 spiro atoms. The van der Waals surface area contributed by atoms with E-state index in [1.165, 1.54) is 4.40 Å². The fourth-order valence-electron chi connectivity index (χ4n) is 4.04. The van der Waals surface area contributed by atoms with Gasteiger partial charge in [0.05, 0.1) is 30.4 Å². The number of amides is 1. The summed E-state index contributed by atoms with van der Waals surface area (Å²) in [6.07, 6.45) is 5.68. The van der Waals surface area contributed by atoms with Gasteiger partial charge < -0.3 is 9.88 Å². The van der Waals surface area contributed by atoms with Gasteiger partial charge in [-0.05, 0) is 30.2 Å². The van der Waals surface area contributed by atoms with Crippen LogP contribution in [0.5, 0.6) is 0 Å². The van der Waals surface area contributed by atoms with Gasteiger partial charge >= 0.3 is 0 Å². The molecule has 0 saturated carbocycles. The van der Waals surface area contributed by atoms with E-state index >= 15 is 0 Å². The summed E-state index contributed by atoms with van der Waals surface area (Å²) in [5.74, 6) is -0.282. The third-order valence-corrected chi connectivity index (χ3v) is 5.58. The first-order chi connectivity index (χ1) is 16.2. The van der Waals surface area contributed by atoms with Crippen molar-refractivity contribution in [1.29, 1.82) is 0 Å². The Bertz CT molecular complexity index is 1470. The molecule has 9 heteroatoms. The molecule has 5 aromatic rings. The Morgan fingerprint density at radius 1 is 1.06 bits per heavy atom. The Kier molecular flexibility index (Phi) is 5.43. The Morgan fingerprint density at radius 3 is 2.58 bits per heavy atom. The number of carbonyl (C=O) groups excluding carboxylic acids is 1. The van der Waals surface area contributed by atoms with Gasteiger partial charge in [-0.1, -0.05) is 43.3 Å². The van der Waals surface area contributed by atoms with E-state index in [1.807, 2.05) is 47.9 Å². The minimum Gasteiger partial charge on any atom is -0.342 e. The van der Waals surface area contributed by atoms with Crippen molar-refractivity contribution in [2.45, 2.75) is 32.5 Å². The summed E-state index contributed by atoms with van der Waals surface area (Å²) >= 11 is 0. The second kappa shape index (κ2) is 8.70. The zero-order valence-electron chi connectivity index (χ0n) is 18.1. The van der Waals surface area contributed by atoms with Crippen molar-refractivity contribution >= 4 is 22.6 Å². The van der Waals surface area contributed by atoms with E-state index in [0.29, 0.717) is 35.5 Å². The first-order valence-corrected chi connectivity index (χ1v) is 10.9. The highest BCUT2D eigenvalue weighted by atomic mass is 16.2. The van der Waals surface area contributed by atoms with Gasteiger partial charge in [0.15, 0.2) is 0 Å². The third kappa shape index (κ3) is 3.89. The number of aryl methyl sites for hydroxylation is 1. The van der Waals surface area contributed by atoms with Crippen LogP contribution < -0.4 is 10.9 Å². The van der Waals surface area contributed by atoms with Gasteiger partial charge in [0, 0.05) is 12.7 Å². The number of hydrogen-bond donors (Lipinski definition) is 1. The smallest absolute Gasteiger partial charge is 0.268 e. The predicted molar refractivity (Wildman–Crippen MR) is 124 cm³/mol. The van der Waals surface area contributed by atoms with Crippen LogP contribution in [0.2, 0.25) is 0 Å². The molecule has 0 fully saturated rings. The van der Waals surface area contributed by atoms with E-state index in [4.69, 9.17) is 0 Å². The number of nitrogens with one attached hydrogen (secondary N) is 1. The first kappa shape index (κ1) is 20.6. The lowest BCUT2D eigenvalue weighted by Gasteiger charge is -2.19. The number of pyridine rings is 1. The number of rotatable bonds is 7. The van der Waals surface area contributed by atoms with Gasteiger partial charge in [0.2, 0.25) is 0 Å². The maximum atomic E-state index is 13.5. The summed E-state index contributed by atoms with van der Waals surface area (Å²) in [6.45, 7) is 2.97. The van der Waals surface area contributed by atoms with Gasteiger partial charge in [0.25, 0.3) is 11.5 Å². The molecule has 1 amide bonds. The summed E-state index contributed by atoms with van der Waals surface area (Å²) < 4.78 is 3.32. The van der Waals surface area contributed by atoms with Crippen molar-refractivity contribution in [3.63, 3.8) is 0 Å². The monoisotopic (exact) mass is 441 g/mol. The van der Waals surface area contributed by atoms with Gasteiger partial charge in [-0.15, -0.1) is 0 Å². The Labute approximate surface area is 189 Å². The molecular weight excluding hydrogens is 418 g/mol. The lowest BCUT2D eigenvalue weighted by molar-refractivity contribution is 0.0921. The topological polar surface area (TPSA) is 99.1 Å². The molecule has 0 bridgehead atoms. The molecular formula is C24H23N7O2. The number of carbonyl (C=O) groups is 1. The standard InChI is InChI=1S/C24H23N7O2/c1-2-13-29-20(15-18-22(29)28-21-10-6-7-14-30(21)24(18)33)23(32)27-19(16-31-25-11-12-26-31)17-8-4-3-5-9-17/h3-12,14-15,19H,2,13,16H2,1H3,(H,27,32). The normalized spacial score (nSPS) is 12.3. The van der Waals surface area contributed by atoms with Crippen LogP contribution in [-0.4, -0.2) is 34.9 Å². The number of nitrogens with zero attached hydrogens (tertiary/aromatic N) is 6. The average Bonchev–Trinajstić information content (AvgIpc) is 3.48. The molecule has 4 aromatic heterocycles. The molecule has 1 aromatic carbocycles. The number of benzene rings is 1. The van der Waals surface area contributed by atoms with E-state index < -0.39 is 0 Å². The van der Waals surface area contributed by atoms with Crippen LogP contribution in [-0.2, 0) is 13.1 Å². The van der Waals surface area contributed by atoms with E-state index in [9.17, 15) is 9.59 Å². The SMILES string of the molecule is CCCn1c(C(=O)NC(Cn2nccn2)c2ccccc2)cc2c(=O)n3ccccc3nc21. The van der Waals surface area contributed by atoms with Crippen molar-refractivity contribution in [2.24, 2.45) is 0 Å². The molecule has 5 rings (SSSR count). The number of fused-ring (bicyclic) bond motifs is 2. The highest BCUT2D eigenvalue weighted by Gasteiger charge is 2.23. The van der Waals surface area contributed by atoms with Gasteiger partial charge in [-0.3, -0.25) is 14.0 Å². The Hall–Kier alpha value is -4.27. The van der Waals surface area contributed by atoms with Crippen LogP contribution in [0, 0.1) is 0 Å². The lowest BCUT2D eigenvalue weighted by atomic mass is 10.1. The van der Waals surface area contributed by atoms with Gasteiger partial charge in [0.1, 0.15) is 17.0 Å². The largest absolute Gasteiger partial charge is 0.342 e. The molecule has 33 heavy (non-hydrogen) atoms. The van der Waals surface area contributed by atoms with E-state index in [1.54, 1.807) is 41.6 Å². The molecule has 0 aliphatic heterocycles. The van der Waals surface area contributed by atoms with Crippen LogP contribution in [0.15, 0.2) is 78.0 Å². The molecule has 9 nitrogen and oxygen atoms in total. The number of hydrogen-bond acceptors (Lipinski definition) is 5.